The molecule has 4 aliphatic rings. The van der Waals surface area contributed by atoms with Crippen LogP contribution in [-0.4, -0.2) is 257 Å². The van der Waals surface area contributed by atoms with Gasteiger partial charge >= 0.3 is 0 Å². The van der Waals surface area contributed by atoms with Crippen LogP contribution >= 0.6 is 156 Å². The van der Waals surface area contributed by atoms with Crippen molar-refractivity contribution in [2.45, 2.75) is 103 Å². The van der Waals surface area contributed by atoms with Gasteiger partial charge in [0.15, 0.2) is 0 Å². The molecule has 592 valence electrons. The molecule has 4 heterocycles. The van der Waals surface area contributed by atoms with Crippen molar-refractivity contribution in [3.05, 3.63) is 142 Å². The van der Waals surface area contributed by atoms with Crippen molar-refractivity contribution >= 4 is 156 Å². The van der Waals surface area contributed by atoms with Crippen molar-refractivity contribution < 1.29 is 0 Å². The standard InChI is InChI=1S/C36H68N8P6.C36H62N8.8ClH/c1-32(35-10-2-8-33(28-35)30-37-12-4-14-41(47)24-26-43(49)18-6-16-39(45)22-20-37)36-11-3-9-34(29-36)31-38-13-5-15-42(48)25-27-44(50)19-7-17-40(46)23-21-38;1-32(35-10-2-8-33(28-35)30-43-24-6-16-39-20-18-37-12-4-14-41-22-26-43)36-11-3-9-34(29-36)31-44-25-7-17-40-21-19-38-13-5-15-42-23-27-44;;;;;;;;/h2-3,8-11,28-29,32H,4-7,12-27,30-31,45-50H2,1H3;2-3,8-11,28-29,32,37-42H,4-7,12-27,30-31H2,1H3;8*1H. The second-order valence-electron chi connectivity index (χ2n) is 27.1. The van der Waals surface area contributed by atoms with Crippen molar-refractivity contribution in [1.29, 1.82) is 0 Å². The van der Waals surface area contributed by atoms with Gasteiger partial charge in [-0.2, -0.15) is 0 Å². The Bertz CT molecular complexity index is 2440. The van der Waals surface area contributed by atoms with Crippen LogP contribution in [0.3, 0.4) is 0 Å². The van der Waals surface area contributed by atoms with Gasteiger partial charge in [0, 0.05) is 182 Å². The van der Waals surface area contributed by atoms with Crippen LogP contribution in [0.2, 0.25) is 0 Å². The summed E-state index contributed by atoms with van der Waals surface area (Å²) in [6.07, 6.45) is 9.48. The van der Waals surface area contributed by atoms with E-state index in [4.69, 9.17) is 0 Å². The largest absolute Gasteiger partial charge is 0.315 e. The van der Waals surface area contributed by atoms with E-state index < -0.39 is 0 Å². The maximum atomic E-state index is 3.65. The quantitative estimate of drug-likeness (QED) is 0.0758. The molecule has 6 unspecified atom stereocenters. The molecule has 4 aromatic rings. The maximum Gasteiger partial charge on any atom is 0.0234 e. The molecular formula is C72H138Cl8N16P6. The first kappa shape index (κ1) is 105. The normalized spacial score (nSPS) is 20.0. The van der Waals surface area contributed by atoms with Gasteiger partial charge < -0.3 is 31.9 Å². The molecule has 16 nitrogen and oxygen atoms in total. The smallest absolute Gasteiger partial charge is 0.0234 e. The van der Waals surface area contributed by atoms with Crippen LogP contribution < -0.4 is 31.9 Å². The monoisotopic (exact) mass is 1690 g/mol. The summed E-state index contributed by atoms with van der Waals surface area (Å²) in [4.78, 5) is 10.6. The average molecular weight is 1700 g/mol. The summed E-state index contributed by atoms with van der Waals surface area (Å²) in [6, 6.07) is 37.5. The van der Waals surface area contributed by atoms with Crippen molar-refractivity contribution in [1.82, 2.24) is 79.5 Å². The Balaban J connectivity index is 0. The molecule has 102 heavy (non-hydrogen) atoms. The minimum atomic E-state index is 0. The third-order valence-electron chi connectivity index (χ3n) is 19.0. The summed E-state index contributed by atoms with van der Waals surface area (Å²) in [5, 5.41) is 21.6. The minimum absolute atomic E-state index is 0. The highest BCUT2D eigenvalue weighted by molar-refractivity contribution is 7.14. The predicted molar refractivity (Wildman–Crippen MR) is 482 cm³/mol. The first-order valence-electron chi connectivity index (χ1n) is 36.4. The number of rotatable bonds is 12. The Morgan fingerprint density at radius 3 is 0.735 bits per heavy atom. The lowest BCUT2D eigenvalue weighted by Crippen LogP contribution is -2.36. The molecule has 0 saturated carbocycles. The maximum absolute atomic E-state index is 3.65. The first-order chi connectivity index (χ1) is 45.9. The molecule has 0 radical (unpaired) electrons. The molecule has 0 bridgehead atoms. The second-order valence-corrected chi connectivity index (χ2v) is 31.5. The highest BCUT2D eigenvalue weighted by Gasteiger charge is 2.19. The van der Waals surface area contributed by atoms with E-state index in [9.17, 15) is 0 Å². The van der Waals surface area contributed by atoms with Gasteiger partial charge in [0.05, 0.1) is 0 Å². The lowest BCUT2D eigenvalue weighted by molar-refractivity contribution is 0.231. The number of nitrogens with zero attached hydrogens (tertiary/aromatic N) is 10. The number of hydrogen-bond donors (Lipinski definition) is 6. The number of benzene rings is 4. The van der Waals surface area contributed by atoms with Crippen LogP contribution in [-0.2, 0) is 26.2 Å². The fourth-order valence-corrected chi connectivity index (χ4v) is 14.9. The molecule has 4 aromatic carbocycles. The molecule has 0 aromatic heterocycles. The predicted octanol–water partition coefficient (Wildman–Crippen LogP) is 11.5. The summed E-state index contributed by atoms with van der Waals surface area (Å²) >= 11 is 0. The first-order valence-corrected chi connectivity index (χ1v) is 39.5. The Morgan fingerprint density at radius 1 is 0.245 bits per heavy atom. The van der Waals surface area contributed by atoms with E-state index in [-0.39, 0.29) is 99.3 Å². The number of hydrogen-bond acceptors (Lipinski definition) is 16. The molecule has 0 aliphatic carbocycles. The van der Waals surface area contributed by atoms with Crippen LogP contribution in [0.25, 0.3) is 0 Å². The fourth-order valence-electron chi connectivity index (χ4n) is 13.1. The average Bonchev–Trinajstić information content (AvgIpc) is 0.842. The molecule has 30 heteroatoms. The van der Waals surface area contributed by atoms with Gasteiger partial charge in [0.25, 0.3) is 0 Å². The third-order valence-corrected chi connectivity index (χ3v) is 22.1. The Labute approximate surface area is 684 Å². The molecule has 4 saturated heterocycles. The van der Waals surface area contributed by atoms with Crippen molar-refractivity contribution in [3.8, 4) is 0 Å². The molecule has 8 rings (SSSR count). The van der Waals surface area contributed by atoms with Gasteiger partial charge in [0.2, 0.25) is 0 Å². The third kappa shape index (κ3) is 45.6. The summed E-state index contributed by atoms with van der Waals surface area (Å²) < 4.78 is 14.4. The van der Waals surface area contributed by atoms with E-state index in [1.165, 1.54) is 95.9 Å². The van der Waals surface area contributed by atoms with Gasteiger partial charge in [-0.1, -0.05) is 167 Å². The molecule has 4 fully saturated rings. The lowest BCUT2D eigenvalue weighted by atomic mass is 9.91. The van der Waals surface area contributed by atoms with Gasteiger partial charge in [0.1, 0.15) is 0 Å². The molecular weight excluding hydrogens is 1560 g/mol. The van der Waals surface area contributed by atoms with Crippen LogP contribution in [0.5, 0.6) is 0 Å². The Hall–Kier alpha value is 1.14. The van der Waals surface area contributed by atoms with Crippen molar-refractivity contribution in [2.24, 2.45) is 0 Å². The van der Waals surface area contributed by atoms with E-state index in [1.807, 2.05) is 0 Å². The zero-order valence-corrected chi connectivity index (χ0v) is 75.2. The van der Waals surface area contributed by atoms with Gasteiger partial charge in [-0.3, -0.25) is 47.6 Å². The minimum Gasteiger partial charge on any atom is -0.315 e. The van der Waals surface area contributed by atoms with Crippen LogP contribution in [0.4, 0.5) is 0 Å². The molecule has 0 spiro atoms. The van der Waals surface area contributed by atoms with Gasteiger partial charge in [-0.15, -0.1) is 99.3 Å². The SMILES string of the molecule is CC(c1cccc(CN2CCCN(P)CCN(P)CCCN(P)CC2)c1)c1cccc(CN2CCCN(P)CCN(P)CCCN(P)CC2)c1.CC(c1cccc(CN2CCCNCCNCCCNCC2)c1)c1cccc(CN2CCCNCCNCCCNCC2)c1.Cl.Cl.Cl.Cl.Cl.Cl.Cl.Cl. The van der Waals surface area contributed by atoms with Gasteiger partial charge in [-0.25, -0.2) is 0 Å². The Kier molecular flexibility index (Phi) is 66.7. The molecule has 4 aliphatic heterocycles. The van der Waals surface area contributed by atoms with E-state index in [0.29, 0.717) is 11.8 Å². The van der Waals surface area contributed by atoms with Crippen molar-refractivity contribution in [3.63, 3.8) is 0 Å². The zero-order valence-electron chi connectivity index (χ0n) is 61.7. The lowest BCUT2D eigenvalue weighted by Gasteiger charge is -2.29. The number of halogens is 8. The molecule has 6 atom stereocenters. The second kappa shape index (κ2) is 64.6. The summed E-state index contributed by atoms with van der Waals surface area (Å²) in [5.74, 6) is 0.716. The van der Waals surface area contributed by atoms with E-state index >= 15 is 0 Å². The summed E-state index contributed by atoms with van der Waals surface area (Å²) in [6.45, 7) is 43.7. The fraction of sp³-hybridized carbons (Fsp3) is 0.667. The summed E-state index contributed by atoms with van der Waals surface area (Å²) in [5.41, 5.74) is 11.3. The zero-order chi connectivity index (χ0) is 66.2. The van der Waals surface area contributed by atoms with Crippen molar-refractivity contribution in [2.75, 3.05) is 209 Å². The highest BCUT2D eigenvalue weighted by Crippen LogP contribution is 2.29. The van der Waals surface area contributed by atoms with Crippen LogP contribution in [0.1, 0.15) is 122 Å². The van der Waals surface area contributed by atoms with E-state index in [2.05, 4.69) is 247 Å². The van der Waals surface area contributed by atoms with Gasteiger partial charge in [-0.05, 0) is 161 Å². The topological polar surface area (TPSA) is 105 Å². The van der Waals surface area contributed by atoms with E-state index in [0.717, 1.165) is 236 Å². The van der Waals surface area contributed by atoms with Crippen LogP contribution in [0.15, 0.2) is 97.1 Å². The van der Waals surface area contributed by atoms with E-state index in [1.54, 1.807) is 0 Å². The highest BCUT2D eigenvalue weighted by atomic mass is 35.5. The Morgan fingerprint density at radius 2 is 0.461 bits per heavy atom. The molecule has 0 amide bonds. The molecule has 6 N–H and O–H groups in total. The summed E-state index contributed by atoms with van der Waals surface area (Å²) in [7, 11) is 17.7. The van der Waals surface area contributed by atoms with Crippen LogP contribution in [0, 0.1) is 0 Å². The number of nitrogens with one attached hydrogen (secondary N) is 6.